The molecule has 0 fully saturated rings. The number of rotatable bonds is 9. The molecule has 0 saturated heterocycles. The number of aromatic nitrogens is 2. The summed E-state index contributed by atoms with van der Waals surface area (Å²) in [4.78, 5) is 7.90. The van der Waals surface area contributed by atoms with Crippen LogP contribution in [-0.2, 0) is 6.18 Å². The molecule has 0 radical (unpaired) electrons. The molecule has 0 aliphatic rings. The highest BCUT2D eigenvalue weighted by atomic mass is 19.4. The molecular weight excluding hydrogens is 421 g/mol. The van der Waals surface area contributed by atoms with Gasteiger partial charge in [0.1, 0.15) is 22.9 Å². The van der Waals surface area contributed by atoms with E-state index in [4.69, 9.17) is 9.47 Å². The first-order valence-corrected chi connectivity index (χ1v) is 10.2. The molecule has 0 spiro atoms. The van der Waals surface area contributed by atoms with Gasteiger partial charge in [-0.2, -0.15) is 18.2 Å². The van der Waals surface area contributed by atoms with E-state index >= 15 is 0 Å². The smallest absolute Gasteiger partial charge is 0.421 e. The second-order valence-electron chi connectivity index (χ2n) is 7.27. The Balaban J connectivity index is 1.84. The van der Waals surface area contributed by atoms with E-state index in [-0.39, 0.29) is 17.9 Å². The molecule has 3 aromatic rings. The second kappa shape index (κ2) is 10.2. The lowest BCUT2D eigenvalue weighted by molar-refractivity contribution is -0.137. The predicted octanol–water partition coefficient (Wildman–Crippen LogP) is 6.56. The molecule has 0 aliphatic heterocycles. The predicted molar refractivity (Wildman–Crippen MR) is 118 cm³/mol. The lowest BCUT2D eigenvalue weighted by Gasteiger charge is -2.16. The van der Waals surface area contributed by atoms with Crippen molar-refractivity contribution in [2.45, 2.75) is 39.5 Å². The van der Waals surface area contributed by atoms with Gasteiger partial charge in [0.15, 0.2) is 0 Å². The average Bonchev–Trinajstić information content (AvgIpc) is 2.72. The van der Waals surface area contributed by atoms with Gasteiger partial charge in [-0.25, -0.2) is 4.98 Å². The van der Waals surface area contributed by atoms with Crippen LogP contribution in [0, 0.1) is 0 Å². The summed E-state index contributed by atoms with van der Waals surface area (Å²) in [6, 6.07) is 13.7. The van der Waals surface area contributed by atoms with Gasteiger partial charge in [-0.05, 0) is 56.7 Å². The molecule has 2 aromatic carbocycles. The highest BCUT2D eigenvalue weighted by Gasteiger charge is 2.35. The minimum absolute atomic E-state index is 0.0253. The number of hydrogen-bond acceptors (Lipinski definition) is 6. The van der Waals surface area contributed by atoms with Crippen molar-refractivity contribution in [2.75, 3.05) is 17.2 Å². The van der Waals surface area contributed by atoms with E-state index in [1.165, 1.54) is 0 Å². The highest BCUT2D eigenvalue weighted by molar-refractivity contribution is 5.64. The zero-order valence-electron chi connectivity index (χ0n) is 18.0. The van der Waals surface area contributed by atoms with Crippen molar-refractivity contribution in [3.05, 3.63) is 60.3 Å². The fourth-order valence-corrected chi connectivity index (χ4v) is 2.78. The van der Waals surface area contributed by atoms with Crippen molar-refractivity contribution in [2.24, 2.45) is 0 Å². The molecular formula is C23H25F3N4O2. The Labute approximate surface area is 184 Å². The minimum Gasteiger partial charge on any atom is -0.494 e. The summed E-state index contributed by atoms with van der Waals surface area (Å²) < 4.78 is 51.7. The molecule has 1 heterocycles. The number of alkyl halides is 3. The summed E-state index contributed by atoms with van der Waals surface area (Å²) in [6.07, 6.45) is -3.04. The summed E-state index contributed by atoms with van der Waals surface area (Å²) in [6.45, 7) is 6.35. The van der Waals surface area contributed by atoms with Crippen LogP contribution < -0.4 is 20.1 Å². The zero-order valence-corrected chi connectivity index (χ0v) is 18.0. The van der Waals surface area contributed by atoms with Crippen LogP contribution in [0.15, 0.2) is 54.7 Å². The Hall–Kier alpha value is -3.49. The summed E-state index contributed by atoms with van der Waals surface area (Å²) in [7, 11) is 0. The lowest BCUT2D eigenvalue weighted by Crippen LogP contribution is -2.12. The molecule has 0 bridgehead atoms. The molecule has 0 atom stereocenters. The van der Waals surface area contributed by atoms with Crippen LogP contribution in [-0.4, -0.2) is 22.7 Å². The number of benzene rings is 2. The van der Waals surface area contributed by atoms with E-state index < -0.39 is 11.7 Å². The molecule has 6 nitrogen and oxygen atoms in total. The van der Waals surface area contributed by atoms with Gasteiger partial charge in [0, 0.05) is 23.6 Å². The molecule has 170 valence electrons. The van der Waals surface area contributed by atoms with Crippen LogP contribution in [0.4, 0.5) is 36.3 Å². The van der Waals surface area contributed by atoms with Crippen LogP contribution >= 0.6 is 0 Å². The van der Waals surface area contributed by atoms with Crippen molar-refractivity contribution in [3.8, 4) is 11.5 Å². The van der Waals surface area contributed by atoms with Crippen molar-refractivity contribution >= 4 is 23.1 Å². The first kappa shape index (κ1) is 23.2. The fraction of sp³-hybridized carbons (Fsp3) is 0.304. The van der Waals surface area contributed by atoms with Crippen molar-refractivity contribution < 1.29 is 22.6 Å². The van der Waals surface area contributed by atoms with E-state index in [0.29, 0.717) is 29.5 Å². The Morgan fingerprint density at radius 3 is 2.38 bits per heavy atom. The molecule has 0 saturated carbocycles. The van der Waals surface area contributed by atoms with Gasteiger partial charge in [0.2, 0.25) is 5.95 Å². The van der Waals surface area contributed by atoms with Crippen LogP contribution in [0.5, 0.6) is 11.5 Å². The Kier molecular flexibility index (Phi) is 7.40. The molecule has 2 N–H and O–H groups in total. The Morgan fingerprint density at radius 2 is 1.72 bits per heavy atom. The molecule has 9 heteroatoms. The number of nitrogens with one attached hydrogen (secondary N) is 2. The second-order valence-corrected chi connectivity index (χ2v) is 7.27. The third-order valence-electron chi connectivity index (χ3n) is 4.15. The topological polar surface area (TPSA) is 68.3 Å². The van der Waals surface area contributed by atoms with Crippen LogP contribution in [0.25, 0.3) is 0 Å². The third kappa shape index (κ3) is 6.50. The standard InChI is InChI=1S/C23H25F3N4O2/c1-4-12-31-18-10-8-16(9-11-18)29-22-27-14-20(23(24,25)26)21(30-22)28-17-6-5-7-19(13-17)32-15(2)3/h5-11,13-15H,4,12H2,1-3H3,(H2,27,28,29,30). The summed E-state index contributed by atoms with van der Waals surface area (Å²) in [5, 5.41) is 5.66. The number of halogens is 3. The summed E-state index contributed by atoms with van der Waals surface area (Å²) in [5.41, 5.74) is 0.0594. The molecule has 3 rings (SSSR count). The Bertz CT molecular complexity index is 1020. The van der Waals surface area contributed by atoms with Crippen LogP contribution in [0.1, 0.15) is 32.8 Å². The minimum atomic E-state index is -4.62. The number of anilines is 4. The maximum atomic E-state index is 13.5. The van der Waals surface area contributed by atoms with Crippen molar-refractivity contribution in [3.63, 3.8) is 0 Å². The van der Waals surface area contributed by atoms with E-state index in [1.54, 1.807) is 48.5 Å². The fourth-order valence-electron chi connectivity index (χ4n) is 2.78. The summed E-state index contributed by atoms with van der Waals surface area (Å²) in [5.74, 6) is 0.907. The van der Waals surface area contributed by atoms with E-state index in [2.05, 4.69) is 20.6 Å². The van der Waals surface area contributed by atoms with Gasteiger partial charge in [-0.1, -0.05) is 13.0 Å². The number of nitrogens with zero attached hydrogens (tertiary/aromatic N) is 2. The van der Waals surface area contributed by atoms with Gasteiger partial charge >= 0.3 is 6.18 Å². The molecule has 0 amide bonds. The maximum Gasteiger partial charge on any atom is 0.421 e. The first-order valence-electron chi connectivity index (χ1n) is 10.2. The van der Waals surface area contributed by atoms with Crippen LogP contribution in [0.3, 0.4) is 0 Å². The SMILES string of the molecule is CCCOc1ccc(Nc2ncc(C(F)(F)F)c(Nc3cccc(OC(C)C)c3)n2)cc1. The van der Waals surface area contributed by atoms with E-state index in [9.17, 15) is 13.2 Å². The third-order valence-corrected chi connectivity index (χ3v) is 4.15. The van der Waals surface area contributed by atoms with Gasteiger partial charge in [-0.3, -0.25) is 0 Å². The maximum absolute atomic E-state index is 13.5. The normalized spacial score (nSPS) is 11.3. The monoisotopic (exact) mass is 446 g/mol. The van der Waals surface area contributed by atoms with Gasteiger partial charge in [0.05, 0.1) is 12.7 Å². The van der Waals surface area contributed by atoms with Crippen molar-refractivity contribution in [1.29, 1.82) is 0 Å². The highest BCUT2D eigenvalue weighted by Crippen LogP contribution is 2.35. The Morgan fingerprint density at radius 1 is 0.969 bits per heavy atom. The zero-order chi connectivity index (χ0) is 23.1. The first-order chi connectivity index (χ1) is 15.2. The van der Waals surface area contributed by atoms with E-state index in [1.807, 2.05) is 20.8 Å². The van der Waals surface area contributed by atoms with Gasteiger partial charge < -0.3 is 20.1 Å². The van der Waals surface area contributed by atoms with Gasteiger partial charge in [0.25, 0.3) is 0 Å². The number of hydrogen-bond donors (Lipinski definition) is 2. The average molecular weight is 446 g/mol. The lowest BCUT2D eigenvalue weighted by atomic mass is 10.2. The largest absolute Gasteiger partial charge is 0.494 e. The molecule has 0 aliphatic carbocycles. The van der Waals surface area contributed by atoms with E-state index in [0.717, 1.165) is 12.6 Å². The number of ether oxygens (including phenoxy) is 2. The van der Waals surface area contributed by atoms with Gasteiger partial charge in [-0.15, -0.1) is 0 Å². The van der Waals surface area contributed by atoms with Crippen molar-refractivity contribution in [1.82, 2.24) is 9.97 Å². The molecule has 1 aromatic heterocycles. The molecule has 0 unspecified atom stereocenters. The van der Waals surface area contributed by atoms with Crippen LogP contribution in [0.2, 0.25) is 0 Å². The quantitative estimate of drug-likeness (QED) is 0.388. The molecule has 32 heavy (non-hydrogen) atoms. The summed E-state index contributed by atoms with van der Waals surface area (Å²) >= 11 is 0.